The molecule has 1 N–H and O–H groups in total. The third-order valence-corrected chi connectivity index (χ3v) is 4.80. The van der Waals surface area contributed by atoms with E-state index >= 15 is 0 Å². The molecule has 142 valence electrons. The second-order valence-electron chi connectivity index (χ2n) is 6.84. The molecule has 0 unspecified atom stereocenters. The van der Waals surface area contributed by atoms with Crippen molar-refractivity contribution in [1.29, 1.82) is 0 Å². The number of aromatic amines is 1. The molecule has 0 amide bonds. The van der Waals surface area contributed by atoms with Gasteiger partial charge >= 0.3 is 0 Å². The van der Waals surface area contributed by atoms with Crippen molar-refractivity contribution in [3.63, 3.8) is 0 Å². The summed E-state index contributed by atoms with van der Waals surface area (Å²) >= 11 is 0. The molecule has 1 heterocycles. The minimum absolute atomic E-state index is 0.0434. The van der Waals surface area contributed by atoms with Gasteiger partial charge in [-0.1, -0.05) is 60.2 Å². The van der Waals surface area contributed by atoms with Gasteiger partial charge in [-0.25, -0.2) is 4.39 Å². The summed E-state index contributed by atoms with van der Waals surface area (Å²) in [6.45, 7) is 1.96. The molecule has 1 aromatic heterocycles. The lowest BCUT2D eigenvalue weighted by molar-refractivity contribution is 0.104. The van der Waals surface area contributed by atoms with Gasteiger partial charge in [-0.15, -0.1) is 0 Å². The van der Waals surface area contributed by atoms with E-state index in [1.807, 2.05) is 55.5 Å². The number of H-pyrrole nitrogens is 1. The second kappa shape index (κ2) is 7.68. The van der Waals surface area contributed by atoms with E-state index < -0.39 is 17.2 Å². The van der Waals surface area contributed by atoms with E-state index in [1.54, 1.807) is 18.2 Å². The summed E-state index contributed by atoms with van der Waals surface area (Å²) in [6, 6.07) is 21.2. The van der Waals surface area contributed by atoms with Crippen LogP contribution < -0.4 is 5.56 Å². The summed E-state index contributed by atoms with van der Waals surface area (Å²) in [6.07, 6.45) is 2.64. The molecule has 0 bridgehead atoms. The maximum Gasteiger partial charge on any atom is 0.260 e. The van der Waals surface area contributed by atoms with Crippen molar-refractivity contribution in [2.24, 2.45) is 0 Å². The van der Waals surface area contributed by atoms with E-state index in [0.29, 0.717) is 11.1 Å². The number of pyridine rings is 1. The SMILES string of the molecule is Cc1ccc2[nH]c(=O)c(C(=O)/C=C\c3ccccc3F)c(-c3ccccc3)c2c1. The Labute approximate surface area is 167 Å². The van der Waals surface area contributed by atoms with Gasteiger partial charge in [0, 0.05) is 22.0 Å². The summed E-state index contributed by atoms with van der Waals surface area (Å²) < 4.78 is 13.9. The fourth-order valence-corrected chi connectivity index (χ4v) is 3.41. The number of nitrogens with one attached hydrogen (secondary N) is 1. The minimum atomic E-state index is -0.475. The molecule has 0 aliphatic heterocycles. The largest absolute Gasteiger partial charge is 0.321 e. The molecule has 0 spiro atoms. The van der Waals surface area contributed by atoms with Gasteiger partial charge in [-0.05, 0) is 42.8 Å². The number of rotatable bonds is 4. The van der Waals surface area contributed by atoms with Crippen LogP contribution in [0.4, 0.5) is 4.39 Å². The Balaban J connectivity index is 1.94. The van der Waals surface area contributed by atoms with E-state index in [0.717, 1.165) is 16.5 Å². The van der Waals surface area contributed by atoms with Crippen LogP contribution in [0.15, 0.2) is 83.7 Å². The summed E-state index contributed by atoms with van der Waals surface area (Å²) in [5.41, 5.74) is 2.89. The fourth-order valence-electron chi connectivity index (χ4n) is 3.41. The molecule has 4 rings (SSSR count). The Hall–Kier alpha value is -3.79. The number of aryl methyl sites for hydroxylation is 1. The first kappa shape index (κ1) is 18.6. The Kier molecular flexibility index (Phi) is 4.92. The molecule has 0 aliphatic carbocycles. The predicted molar refractivity (Wildman–Crippen MR) is 115 cm³/mol. The number of halogens is 1. The summed E-state index contributed by atoms with van der Waals surface area (Å²) in [5, 5.41) is 0.790. The molecule has 0 atom stereocenters. The average molecular weight is 383 g/mol. The number of allylic oxidation sites excluding steroid dienone is 1. The zero-order chi connectivity index (χ0) is 20.4. The van der Waals surface area contributed by atoms with Crippen LogP contribution in [0.3, 0.4) is 0 Å². The summed E-state index contributed by atoms with van der Waals surface area (Å²) in [4.78, 5) is 28.7. The maximum atomic E-state index is 13.9. The lowest BCUT2D eigenvalue weighted by Gasteiger charge is -2.12. The molecule has 0 fully saturated rings. The van der Waals surface area contributed by atoms with Crippen molar-refractivity contribution in [3.05, 3.63) is 112 Å². The number of hydrogen-bond acceptors (Lipinski definition) is 2. The van der Waals surface area contributed by atoms with Crippen LogP contribution in [-0.2, 0) is 0 Å². The third kappa shape index (κ3) is 3.65. The smallest absolute Gasteiger partial charge is 0.260 e. The number of benzene rings is 3. The quantitative estimate of drug-likeness (QED) is 0.372. The van der Waals surface area contributed by atoms with Crippen LogP contribution in [0, 0.1) is 12.7 Å². The van der Waals surface area contributed by atoms with Crippen molar-refractivity contribution in [3.8, 4) is 11.1 Å². The molecular weight excluding hydrogens is 365 g/mol. The Bertz CT molecular complexity index is 1300. The number of ketones is 1. The molecule has 4 heteroatoms. The number of carbonyl (C=O) groups is 1. The van der Waals surface area contributed by atoms with E-state index in [2.05, 4.69) is 4.98 Å². The van der Waals surface area contributed by atoms with Crippen LogP contribution in [0.25, 0.3) is 28.1 Å². The van der Waals surface area contributed by atoms with E-state index in [-0.39, 0.29) is 11.1 Å². The van der Waals surface area contributed by atoms with Gasteiger partial charge in [0.2, 0.25) is 0 Å². The lowest BCUT2D eigenvalue weighted by Crippen LogP contribution is -2.18. The third-order valence-electron chi connectivity index (χ3n) is 4.80. The van der Waals surface area contributed by atoms with Crippen molar-refractivity contribution < 1.29 is 9.18 Å². The summed E-state index contributed by atoms with van der Waals surface area (Å²) in [7, 11) is 0. The number of carbonyl (C=O) groups excluding carboxylic acids is 1. The van der Waals surface area contributed by atoms with Crippen LogP contribution in [0.2, 0.25) is 0 Å². The maximum absolute atomic E-state index is 13.9. The standard InChI is InChI=1S/C25H18FNO2/c1-16-11-13-21-19(15-16)23(18-8-3-2-4-9-18)24(25(29)27-21)22(28)14-12-17-7-5-6-10-20(17)26/h2-15H,1H3,(H,27,29)/b14-12-. The molecule has 0 radical (unpaired) electrons. The van der Waals surface area contributed by atoms with Crippen molar-refractivity contribution in [2.45, 2.75) is 6.92 Å². The van der Waals surface area contributed by atoms with Gasteiger partial charge in [-0.2, -0.15) is 0 Å². The summed E-state index contributed by atoms with van der Waals surface area (Å²) in [5.74, 6) is -0.903. The Morgan fingerprint density at radius 3 is 2.45 bits per heavy atom. The predicted octanol–water partition coefficient (Wildman–Crippen LogP) is 5.54. The number of fused-ring (bicyclic) bond motifs is 1. The van der Waals surface area contributed by atoms with Crippen LogP contribution in [0.5, 0.6) is 0 Å². The first-order valence-corrected chi connectivity index (χ1v) is 9.23. The van der Waals surface area contributed by atoms with Gasteiger partial charge in [0.1, 0.15) is 5.82 Å². The van der Waals surface area contributed by atoms with Gasteiger partial charge in [0.25, 0.3) is 5.56 Å². The van der Waals surface area contributed by atoms with Crippen LogP contribution in [-0.4, -0.2) is 10.8 Å². The monoisotopic (exact) mass is 383 g/mol. The van der Waals surface area contributed by atoms with Crippen LogP contribution >= 0.6 is 0 Å². The Morgan fingerprint density at radius 1 is 0.966 bits per heavy atom. The lowest BCUT2D eigenvalue weighted by atomic mass is 9.93. The number of hydrogen-bond donors (Lipinski definition) is 1. The molecule has 0 aliphatic rings. The van der Waals surface area contributed by atoms with Gasteiger partial charge in [0.15, 0.2) is 5.78 Å². The minimum Gasteiger partial charge on any atom is -0.321 e. The highest BCUT2D eigenvalue weighted by molar-refractivity contribution is 6.15. The van der Waals surface area contributed by atoms with Crippen molar-refractivity contribution in [1.82, 2.24) is 4.98 Å². The first-order chi connectivity index (χ1) is 14.0. The Morgan fingerprint density at radius 2 is 1.69 bits per heavy atom. The van der Waals surface area contributed by atoms with E-state index in [1.165, 1.54) is 18.2 Å². The highest BCUT2D eigenvalue weighted by Crippen LogP contribution is 2.30. The van der Waals surface area contributed by atoms with E-state index in [4.69, 9.17) is 0 Å². The van der Waals surface area contributed by atoms with E-state index in [9.17, 15) is 14.0 Å². The fraction of sp³-hybridized carbons (Fsp3) is 0.0400. The van der Waals surface area contributed by atoms with Crippen molar-refractivity contribution >= 4 is 22.8 Å². The van der Waals surface area contributed by atoms with Crippen LogP contribution in [0.1, 0.15) is 21.5 Å². The molecule has 3 nitrogen and oxygen atoms in total. The van der Waals surface area contributed by atoms with Gasteiger partial charge < -0.3 is 4.98 Å². The average Bonchev–Trinajstić information content (AvgIpc) is 2.73. The highest BCUT2D eigenvalue weighted by Gasteiger charge is 2.19. The molecule has 4 aromatic rings. The van der Waals surface area contributed by atoms with Crippen molar-refractivity contribution in [2.75, 3.05) is 0 Å². The zero-order valence-corrected chi connectivity index (χ0v) is 15.8. The molecule has 3 aromatic carbocycles. The zero-order valence-electron chi connectivity index (χ0n) is 15.8. The molecule has 0 saturated heterocycles. The molecule has 29 heavy (non-hydrogen) atoms. The second-order valence-corrected chi connectivity index (χ2v) is 6.84. The first-order valence-electron chi connectivity index (χ1n) is 9.23. The van der Waals surface area contributed by atoms with Gasteiger partial charge in [-0.3, -0.25) is 9.59 Å². The van der Waals surface area contributed by atoms with Gasteiger partial charge in [0.05, 0.1) is 5.56 Å². The molecule has 0 saturated carbocycles. The highest BCUT2D eigenvalue weighted by atomic mass is 19.1. The number of aromatic nitrogens is 1. The molecular formula is C25H18FNO2. The topological polar surface area (TPSA) is 49.9 Å². The normalized spacial score (nSPS) is 11.2.